The summed E-state index contributed by atoms with van der Waals surface area (Å²) in [7, 11) is 7.04. The number of aromatic nitrogens is 1. The maximum atomic E-state index is 12.6. The molecule has 1 N–H and O–H groups in total. The van der Waals surface area contributed by atoms with Gasteiger partial charge in [0.1, 0.15) is 5.82 Å². The number of pyridine rings is 1. The first-order valence-corrected chi connectivity index (χ1v) is 10.3. The van der Waals surface area contributed by atoms with Crippen molar-refractivity contribution in [2.24, 2.45) is 5.92 Å². The van der Waals surface area contributed by atoms with E-state index in [1.807, 2.05) is 49.3 Å². The summed E-state index contributed by atoms with van der Waals surface area (Å²) in [5, 5.41) is 2.96. The average molecular weight is 427 g/mol. The van der Waals surface area contributed by atoms with Crippen LogP contribution in [0.25, 0.3) is 0 Å². The number of anilines is 1. The molecule has 0 radical (unpaired) electrons. The van der Waals surface area contributed by atoms with E-state index in [4.69, 9.17) is 9.47 Å². The third kappa shape index (κ3) is 5.65. The average Bonchev–Trinajstić information content (AvgIpc) is 3.16. The topological polar surface area (TPSA) is 84.0 Å². The molecule has 0 bridgehead atoms. The molecule has 31 heavy (non-hydrogen) atoms. The van der Waals surface area contributed by atoms with E-state index in [0.29, 0.717) is 37.6 Å². The van der Waals surface area contributed by atoms with Gasteiger partial charge in [-0.05, 0) is 41.8 Å². The lowest BCUT2D eigenvalue weighted by atomic mass is 10.1. The Kier molecular flexibility index (Phi) is 7.33. The molecular formula is C23H30N4O4. The number of benzene rings is 1. The van der Waals surface area contributed by atoms with Gasteiger partial charge in [0, 0.05) is 46.3 Å². The van der Waals surface area contributed by atoms with Gasteiger partial charge in [-0.1, -0.05) is 6.07 Å². The van der Waals surface area contributed by atoms with Gasteiger partial charge in [-0.2, -0.15) is 0 Å². The van der Waals surface area contributed by atoms with Crippen molar-refractivity contribution in [3.63, 3.8) is 0 Å². The molecule has 2 amide bonds. The van der Waals surface area contributed by atoms with Crippen molar-refractivity contribution in [1.82, 2.24) is 15.2 Å². The van der Waals surface area contributed by atoms with E-state index < -0.39 is 0 Å². The zero-order chi connectivity index (χ0) is 22.4. The molecule has 3 rings (SSSR count). The summed E-state index contributed by atoms with van der Waals surface area (Å²) in [6.45, 7) is 1.42. The molecule has 0 spiro atoms. The Labute approximate surface area is 183 Å². The van der Waals surface area contributed by atoms with Gasteiger partial charge in [-0.25, -0.2) is 4.98 Å². The van der Waals surface area contributed by atoms with Crippen LogP contribution in [0, 0.1) is 5.92 Å². The third-order valence-corrected chi connectivity index (χ3v) is 5.44. The Balaban J connectivity index is 1.51. The molecule has 8 heteroatoms. The molecule has 0 aliphatic carbocycles. The fraction of sp³-hybridized carbons (Fsp3) is 0.435. The largest absolute Gasteiger partial charge is 0.493 e. The van der Waals surface area contributed by atoms with Crippen LogP contribution in [0.4, 0.5) is 5.82 Å². The SMILES string of the molecule is COc1ccc(CCN2CC(C(=O)NCc3ccnc(N(C)C)c3)CC2=O)cc1OC. The number of amides is 2. The summed E-state index contributed by atoms with van der Waals surface area (Å²) in [4.78, 5) is 33.0. The number of rotatable bonds is 9. The van der Waals surface area contributed by atoms with Gasteiger partial charge in [-0.3, -0.25) is 9.59 Å². The van der Waals surface area contributed by atoms with Crippen LogP contribution >= 0.6 is 0 Å². The molecule has 1 aromatic heterocycles. The summed E-state index contributed by atoms with van der Waals surface area (Å²) in [6.07, 6.45) is 2.66. The van der Waals surface area contributed by atoms with Crippen molar-refractivity contribution in [1.29, 1.82) is 0 Å². The van der Waals surface area contributed by atoms with E-state index in [9.17, 15) is 9.59 Å². The summed E-state index contributed by atoms with van der Waals surface area (Å²) < 4.78 is 10.6. The zero-order valence-electron chi connectivity index (χ0n) is 18.6. The number of carbonyl (C=O) groups is 2. The van der Waals surface area contributed by atoms with E-state index in [1.165, 1.54) is 0 Å². The molecule has 166 valence electrons. The van der Waals surface area contributed by atoms with Gasteiger partial charge in [0.05, 0.1) is 20.1 Å². The molecule has 1 aliphatic rings. The minimum atomic E-state index is -0.326. The van der Waals surface area contributed by atoms with Crippen molar-refractivity contribution in [2.45, 2.75) is 19.4 Å². The summed E-state index contributed by atoms with van der Waals surface area (Å²) in [5.74, 6) is 1.77. The van der Waals surface area contributed by atoms with Crippen LogP contribution in [0.15, 0.2) is 36.5 Å². The fourth-order valence-corrected chi connectivity index (χ4v) is 3.61. The normalized spacial score (nSPS) is 15.7. The third-order valence-electron chi connectivity index (χ3n) is 5.44. The molecule has 1 aromatic carbocycles. The lowest BCUT2D eigenvalue weighted by Gasteiger charge is -2.17. The van der Waals surface area contributed by atoms with Crippen molar-refractivity contribution >= 4 is 17.6 Å². The Morgan fingerprint density at radius 1 is 1.16 bits per heavy atom. The highest BCUT2D eigenvalue weighted by atomic mass is 16.5. The molecule has 2 aromatic rings. The highest BCUT2D eigenvalue weighted by Gasteiger charge is 2.33. The Morgan fingerprint density at radius 2 is 1.94 bits per heavy atom. The maximum Gasteiger partial charge on any atom is 0.225 e. The van der Waals surface area contributed by atoms with Gasteiger partial charge in [0.15, 0.2) is 11.5 Å². The van der Waals surface area contributed by atoms with E-state index >= 15 is 0 Å². The molecular weight excluding hydrogens is 396 g/mol. The zero-order valence-corrected chi connectivity index (χ0v) is 18.6. The Hall–Kier alpha value is -3.29. The van der Waals surface area contributed by atoms with Crippen LogP contribution in [0.3, 0.4) is 0 Å². The first kappa shape index (κ1) is 22.4. The van der Waals surface area contributed by atoms with Crippen LogP contribution in [-0.2, 0) is 22.6 Å². The lowest BCUT2D eigenvalue weighted by Crippen LogP contribution is -2.33. The monoisotopic (exact) mass is 426 g/mol. The number of nitrogens with zero attached hydrogens (tertiary/aromatic N) is 3. The van der Waals surface area contributed by atoms with Crippen molar-refractivity contribution in [2.75, 3.05) is 46.3 Å². The highest BCUT2D eigenvalue weighted by molar-refractivity contribution is 5.89. The number of likely N-dealkylation sites (tertiary alicyclic amines) is 1. The summed E-state index contributed by atoms with van der Waals surface area (Å²) in [6, 6.07) is 9.55. The second kappa shape index (κ2) is 10.1. The van der Waals surface area contributed by atoms with Crippen LogP contribution < -0.4 is 19.7 Å². The lowest BCUT2D eigenvalue weighted by molar-refractivity contribution is -0.129. The quantitative estimate of drug-likeness (QED) is 0.659. The van der Waals surface area contributed by atoms with Crippen LogP contribution in [0.2, 0.25) is 0 Å². The summed E-state index contributed by atoms with van der Waals surface area (Å²) in [5.41, 5.74) is 2.02. The predicted molar refractivity (Wildman–Crippen MR) is 118 cm³/mol. The van der Waals surface area contributed by atoms with Crippen molar-refractivity contribution in [3.8, 4) is 11.5 Å². The molecule has 1 fully saturated rings. The minimum Gasteiger partial charge on any atom is -0.493 e. The molecule has 1 aliphatic heterocycles. The Morgan fingerprint density at radius 3 is 2.65 bits per heavy atom. The molecule has 1 unspecified atom stereocenters. The van der Waals surface area contributed by atoms with Gasteiger partial charge >= 0.3 is 0 Å². The van der Waals surface area contributed by atoms with Crippen molar-refractivity contribution < 1.29 is 19.1 Å². The highest BCUT2D eigenvalue weighted by Crippen LogP contribution is 2.28. The van der Waals surface area contributed by atoms with Crippen LogP contribution in [0.1, 0.15) is 17.5 Å². The molecule has 8 nitrogen and oxygen atoms in total. The second-order valence-electron chi connectivity index (χ2n) is 7.81. The van der Waals surface area contributed by atoms with Gasteiger partial charge in [0.2, 0.25) is 11.8 Å². The number of nitrogens with one attached hydrogen (secondary N) is 1. The van der Waals surface area contributed by atoms with E-state index in [2.05, 4.69) is 10.3 Å². The number of ether oxygens (including phenoxy) is 2. The fourth-order valence-electron chi connectivity index (χ4n) is 3.61. The molecule has 0 saturated carbocycles. The Bertz CT molecular complexity index is 932. The smallest absolute Gasteiger partial charge is 0.225 e. The number of hydrogen-bond acceptors (Lipinski definition) is 6. The standard InChI is InChI=1S/C23H30N4O4/c1-26(2)21-12-17(7-9-24-21)14-25-23(29)18-13-22(28)27(15-18)10-8-16-5-6-19(30-3)20(11-16)31-4/h5-7,9,11-12,18H,8,10,13-15H2,1-4H3,(H,25,29). The number of methoxy groups -OCH3 is 2. The van der Waals surface area contributed by atoms with Gasteiger partial charge < -0.3 is 24.6 Å². The molecule has 1 saturated heterocycles. The second-order valence-corrected chi connectivity index (χ2v) is 7.81. The first-order valence-electron chi connectivity index (χ1n) is 10.3. The van der Waals surface area contributed by atoms with Crippen molar-refractivity contribution in [3.05, 3.63) is 47.7 Å². The summed E-state index contributed by atoms with van der Waals surface area (Å²) >= 11 is 0. The minimum absolute atomic E-state index is 0.0134. The number of carbonyl (C=O) groups excluding carboxylic acids is 2. The number of hydrogen-bond donors (Lipinski definition) is 1. The predicted octanol–water partition coefficient (Wildman–Crippen LogP) is 1.87. The van der Waals surface area contributed by atoms with E-state index in [1.54, 1.807) is 25.3 Å². The first-order chi connectivity index (χ1) is 14.9. The van der Waals surface area contributed by atoms with E-state index in [0.717, 1.165) is 16.9 Å². The van der Waals surface area contributed by atoms with Gasteiger partial charge in [-0.15, -0.1) is 0 Å². The van der Waals surface area contributed by atoms with E-state index in [-0.39, 0.29) is 24.2 Å². The van der Waals surface area contributed by atoms with Gasteiger partial charge in [0.25, 0.3) is 0 Å². The van der Waals surface area contributed by atoms with Crippen LogP contribution in [-0.4, -0.2) is 63.1 Å². The van der Waals surface area contributed by atoms with Crippen LogP contribution in [0.5, 0.6) is 11.5 Å². The molecule has 2 heterocycles. The molecule has 1 atom stereocenters. The maximum absolute atomic E-state index is 12.6.